The molecule has 1 N–H and O–H groups in total. The Labute approximate surface area is 115 Å². The largest absolute Gasteiger partial charge is 0.455 e. The summed E-state index contributed by atoms with van der Waals surface area (Å²) < 4.78 is 29.3. The molecule has 0 bridgehead atoms. The Morgan fingerprint density at radius 1 is 1.37 bits per heavy atom. The molecule has 106 valence electrons. The summed E-state index contributed by atoms with van der Waals surface area (Å²) in [4.78, 5) is 11.9. The SMILES string of the molecule is O=C(NC1CCCCC1)c1ccc(CSC(F)F)o1. The number of halogens is 2. The molecule has 0 atom stereocenters. The van der Waals surface area contributed by atoms with E-state index < -0.39 is 5.76 Å². The van der Waals surface area contributed by atoms with Gasteiger partial charge in [0.2, 0.25) is 0 Å². The van der Waals surface area contributed by atoms with Crippen LogP contribution < -0.4 is 5.32 Å². The number of carbonyl (C=O) groups is 1. The number of amides is 1. The van der Waals surface area contributed by atoms with Crippen molar-refractivity contribution in [2.24, 2.45) is 0 Å². The molecule has 1 fully saturated rings. The van der Waals surface area contributed by atoms with E-state index in [0.29, 0.717) is 17.5 Å². The van der Waals surface area contributed by atoms with Gasteiger partial charge in [0.15, 0.2) is 5.76 Å². The molecular weight excluding hydrogens is 272 g/mol. The summed E-state index contributed by atoms with van der Waals surface area (Å²) in [7, 11) is 0. The Kier molecular flexibility index (Phi) is 5.24. The van der Waals surface area contributed by atoms with E-state index in [2.05, 4.69) is 5.32 Å². The second-order valence-electron chi connectivity index (χ2n) is 4.65. The molecule has 0 aromatic carbocycles. The van der Waals surface area contributed by atoms with Crippen LogP contribution in [0.5, 0.6) is 0 Å². The molecule has 0 aliphatic heterocycles. The predicted octanol–water partition coefficient (Wildman–Crippen LogP) is 3.80. The van der Waals surface area contributed by atoms with Gasteiger partial charge in [-0.05, 0) is 25.0 Å². The highest BCUT2D eigenvalue weighted by Crippen LogP contribution is 2.22. The van der Waals surface area contributed by atoms with Gasteiger partial charge in [0.25, 0.3) is 11.7 Å². The Morgan fingerprint density at radius 2 is 2.11 bits per heavy atom. The first kappa shape index (κ1) is 14.4. The fraction of sp³-hybridized carbons (Fsp3) is 0.615. The van der Waals surface area contributed by atoms with Crippen molar-refractivity contribution >= 4 is 17.7 Å². The van der Waals surface area contributed by atoms with Crippen LogP contribution in [-0.4, -0.2) is 17.7 Å². The predicted molar refractivity (Wildman–Crippen MR) is 70.3 cm³/mol. The first-order valence-electron chi connectivity index (χ1n) is 6.44. The molecule has 1 amide bonds. The summed E-state index contributed by atoms with van der Waals surface area (Å²) in [6.07, 6.45) is 5.50. The number of rotatable bonds is 5. The maximum absolute atomic E-state index is 12.0. The van der Waals surface area contributed by atoms with Crippen LogP contribution in [0.25, 0.3) is 0 Å². The molecule has 1 heterocycles. The molecule has 0 radical (unpaired) electrons. The molecule has 6 heteroatoms. The smallest absolute Gasteiger partial charge is 0.287 e. The Hall–Kier alpha value is -1.04. The Morgan fingerprint density at radius 3 is 2.79 bits per heavy atom. The second kappa shape index (κ2) is 6.93. The molecule has 1 aromatic rings. The lowest BCUT2D eigenvalue weighted by atomic mass is 9.95. The van der Waals surface area contributed by atoms with Gasteiger partial charge in [-0.2, -0.15) is 8.78 Å². The van der Waals surface area contributed by atoms with Gasteiger partial charge in [0, 0.05) is 6.04 Å². The maximum atomic E-state index is 12.0. The number of hydrogen-bond donors (Lipinski definition) is 1. The number of hydrogen-bond acceptors (Lipinski definition) is 3. The summed E-state index contributed by atoms with van der Waals surface area (Å²) in [5.41, 5.74) is 0. The van der Waals surface area contributed by atoms with Crippen LogP contribution in [0.1, 0.15) is 48.4 Å². The van der Waals surface area contributed by atoms with E-state index >= 15 is 0 Å². The maximum Gasteiger partial charge on any atom is 0.287 e. The van der Waals surface area contributed by atoms with E-state index in [-0.39, 0.29) is 23.5 Å². The Bertz CT molecular complexity index is 417. The molecule has 19 heavy (non-hydrogen) atoms. The number of thioether (sulfide) groups is 1. The standard InChI is InChI=1S/C13H17F2NO2S/c14-13(15)19-8-10-6-7-11(18-10)12(17)16-9-4-2-1-3-5-9/h6-7,9,13H,1-5,8H2,(H,16,17). The summed E-state index contributed by atoms with van der Waals surface area (Å²) in [5.74, 6) is -1.99. The zero-order chi connectivity index (χ0) is 13.7. The summed E-state index contributed by atoms with van der Waals surface area (Å²) in [6, 6.07) is 3.33. The van der Waals surface area contributed by atoms with Crippen molar-refractivity contribution in [2.45, 2.75) is 49.7 Å². The summed E-state index contributed by atoms with van der Waals surface area (Å²) >= 11 is 0.486. The monoisotopic (exact) mass is 289 g/mol. The number of furan rings is 1. The van der Waals surface area contributed by atoms with Gasteiger partial charge >= 0.3 is 0 Å². The van der Waals surface area contributed by atoms with Crippen molar-refractivity contribution in [3.05, 3.63) is 23.7 Å². The third-order valence-corrected chi connectivity index (χ3v) is 3.88. The van der Waals surface area contributed by atoms with E-state index in [1.165, 1.54) is 6.42 Å². The average Bonchev–Trinajstić information content (AvgIpc) is 2.86. The average molecular weight is 289 g/mol. The lowest BCUT2D eigenvalue weighted by Gasteiger charge is -2.22. The fourth-order valence-electron chi connectivity index (χ4n) is 2.23. The highest BCUT2D eigenvalue weighted by atomic mass is 32.2. The van der Waals surface area contributed by atoms with Gasteiger partial charge in [-0.15, -0.1) is 0 Å². The quantitative estimate of drug-likeness (QED) is 0.896. The van der Waals surface area contributed by atoms with Crippen LogP contribution in [-0.2, 0) is 5.75 Å². The van der Waals surface area contributed by atoms with Gasteiger partial charge in [-0.1, -0.05) is 31.0 Å². The zero-order valence-corrected chi connectivity index (χ0v) is 11.3. The first-order chi connectivity index (χ1) is 9.15. The van der Waals surface area contributed by atoms with Gasteiger partial charge in [0.1, 0.15) is 5.76 Å². The minimum absolute atomic E-state index is 0.0778. The van der Waals surface area contributed by atoms with Gasteiger partial charge in [-0.3, -0.25) is 4.79 Å². The topological polar surface area (TPSA) is 42.2 Å². The minimum Gasteiger partial charge on any atom is -0.455 e. The van der Waals surface area contributed by atoms with Crippen LogP contribution in [0.4, 0.5) is 8.78 Å². The van der Waals surface area contributed by atoms with E-state index in [9.17, 15) is 13.6 Å². The first-order valence-corrected chi connectivity index (χ1v) is 7.49. The van der Waals surface area contributed by atoms with E-state index in [0.717, 1.165) is 25.7 Å². The second-order valence-corrected chi connectivity index (χ2v) is 5.62. The van der Waals surface area contributed by atoms with Gasteiger partial charge < -0.3 is 9.73 Å². The highest BCUT2D eigenvalue weighted by Gasteiger charge is 2.19. The van der Waals surface area contributed by atoms with Crippen LogP contribution in [0.3, 0.4) is 0 Å². The lowest BCUT2D eigenvalue weighted by Crippen LogP contribution is -2.35. The van der Waals surface area contributed by atoms with E-state index in [1.54, 1.807) is 12.1 Å². The normalized spacial score (nSPS) is 16.8. The van der Waals surface area contributed by atoms with E-state index in [1.807, 2.05) is 0 Å². The van der Waals surface area contributed by atoms with Crippen molar-refractivity contribution in [2.75, 3.05) is 0 Å². The van der Waals surface area contributed by atoms with Crippen molar-refractivity contribution in [3.63, 3.8) is 0 Å². The van der Waals surface area contributed by atoms with Gasteiger partial charge in [-0.25, -0.2) is 0 Å². The lowest BCUT2D eigenvalue weighted by molar-refractivity contribution is 0.0898. The molecule has 2 rings (SSSR count). The molecule has 0 saturated heterocycles. The van der Waals surface area contributed by atoms with Crippen LogP contribution in [0.2, 0.25) is 0 Å². The summed E-state index contributed by atoms with van der Waals surface area (Å²) in [5, 5.41) is 2.93. The zero-order valence-electron chi connectivity index (χ0n) is 10.5. The number of alkyl halides is 2. The summed E-state index contributed by atoms with van der Waals surface area (Å²) in [6.45, 7) is 0. The van der Waals surface area contributed by atoms with Crippen LogP contribution >= 0.6 is 11.8 Å². The van der Waals surface area contributed by atoms with Crippen molar-refractivity contribution in [1.29, 1.82) is 0 Å². The minimum atomic E-state index is -2.43. The molecular formula is C13H17F2NO2S. The molecule has 3 nitrogen and oxygen atoms in total. The number of nitrogens with one attached hydrogen (secondary N) is 1. The molecule has 1 aromatic heterocycles. The molecule has 0 unspecified atom stereocenters. The van der Waals surface area contributed by atoms with E-state index in [4.69, 9.17) is 4.42 Å². The molecule has 1 aliphatic rings. The highest BCUT2D eigenvalue weighted by molar-refractivity contribution is 7.98. The fourth-order valence-corrected chi connectivity index (χ4v) is 2.67. The van der Waals surface area contributed by atoms with Crippen LogP contribution in [0, 0.1) is 0 Å². The third kappa shape index (κ3) is 4.53. The molecule has 0 spiro atoms. The third-order valence-electron chi connectivity index (χ3n) is 3.18. The molecule has 1 aliphatic carbocycles. The van der Waals surface area contributed by atoms with Crippen LogP contribution in [0.15, 0.2) is 16.5 Å². The van der Waals surface area contributed by atoms with Crippen molar-refractivity contribution in [3.8, 4) is 0 Å². The van der Waals surface area contributed by atoms with Gasteiger partial charge in [0.05, 0.1) is 5.75 Å². The van der Waals surface area contributed by atoms with Crippen molar-refractivity contribution < 1.29 is 18.0 Å². The Balaban J connectivity index is 1.84. The van der Waals surface area contributed by atoms with Crippen molar-refractivity contribution in [1.82, 2.24) is 5.32 Å². The molecule has 1 saturated carbocycles. The number of carbonyl (C=O) groups excluding carboxylic acids is 1.